The maximum atomic E-state index is 9.00. The van der Waals surface area contributed by atoms with Gasteiger partial charge in [0.05, 0.1) is 0 Å². The SMILES string of the molecule is CC(=O)O.CC(=O)O.CC(=O)O.CC(=O)O.CC=CC. The van der Waals surface area contributed by atoms with Gasteiger partial charge in [0, 0.05) is 27.7 Å². The molecule has 0 aliphatic heterocycles. The fourth-order valence-corrected chi connectivity index (χ4v) is 0. The molecule has 0 radical (unpaired) electrons. The van der Waals surface area contributed by atoms with E-state index in [4.69, 9.17) is 39.6 Å². The molecule has 8 nitrogen and oxygen atoms in total. The summed E-state index contributed by atoms with van der Waals surface area (Å²) in [6.45, 7) is 8.33. The lowest BCUT2D eigenvalue weighted by Gasteiger charge is -1.59. The fraction of sp³-hybridized carbons (Fsp3) is 0.500. The molecule has 0 saturated heterocycles. The molecule has 0 aromatic carbocycles. The molecule has 0 heterocycles. The largest absolute Gasteiger partial charge is 0.481 e. The van der Waals surface area contributed by atoms with Gasteiger partial charge in [0.1, 0.15) is 0 Å². The second-order valence-corrected chi connectivity index (χ2v) is 2.74. The highest BCUT2D eigenvalue weighted by Gasteiger charge is 1.66. The molecule has 0 fully saturated rings. The lowest BCUT2D eigenvalue weighted by Crippen LogP contribution is -1.78. The average molecular weight is 296 g/mol. The molecule has 20 heavy (non-hydrogen) atoms. The highest BCUT2D eigenvalue weighted by Crippen LogP contribution is 1.57. The Labute approximate surface area is 118 Å². The van der Waals surface area contributed by atoms with Crippen molar-refractivity contribution < 1.29 is 39.6 Å². The third kappa shape index (κ3) is 1750. The Hall–Kier alpha value is -2.38. The highest BCUT2D eigenvalue weighted by molar-refractivity contribution is 5.63. The van der Waals surface area contributed by atoms with Crippen LogP contribution in [0.4, 0.5) is 0 Å². The average Bonchev–Trinajstić information content (AvgIpc) is 2.13. The Kier molecular flexibility index (Phi) is 45.9. The quantitative estimate of drug-likeness (QED) is 0.495. The van der Waals surface area contributed by atoms with E-state index >= 15 is 0 Å². The van der Waals surface area contributed by atoms with Crippen molar-refractivity contribution in [3.05, 3.63) is 12.2 Å². The van der Waals surface area contributed by atoms with E-state index in [0.29, 0.717) is 0 Å². The van der Waals surface area contributed by atoms with Gasteiger partial charge in [-0.15, -0.1) is 0 Å². The normalized spacial score (nSPS) is 6.90. The summed E-state index contributed by atoms with van der Waals surface area (Å²) in [5.41, 5.74) is 0. The number of rotatable bonds is 0. The highest BCUT2D eigenvalue weighted by atomic mass is 16.4. The van der Waals surface area contributed by atoms with Gasteiger partial charge in [-0.3, -0.25) is 19.2 Å². The van der Waals surface area contributed by atoms with Crippen LogP contribution in [0.25, 0.3) is 0 Å². The Balaban J connectivity index is -0.0000000469. The first-order valence-corrected chi connectivity index (χ1v) is 5.20. The van der Waals surface area contributed by atoms with E-state index in [1.807, 2.05) is 26.0 Å². The van der Waals surface area contributed by atoms with Crippen LogP contribution in [-0.2, 0) is 19.2 Å². The summed E-state index contributed by atoms with van der Waals surface area (Å²) in [7, 11) is 0. The first-order valence-electron chi connectivity index (χ1n) is 5.20. The molecule has 0 saturated carbocycles. The molecular weight excluding hydrogens is 272 g/mol. The van der Waals surface area contributed by atoms with Gasteiger partial charge in [0.15, 0.2) is 0 Å². The lowest BCUT2D eigenvalue weighted by atomic mass is 10.6. The predicted molar refractivity (Wildman–Crippen MR) is 73.7 cm³/mol. The molecular formula is C12H24O8. The minimum atomic E-state index is -0.833. The molecule has 0 aliphatic rings. The van der Waals surface area contributed by atoms with Crippen molar-refractivity contribution in [2.24, 2.45) is 0 Å². The lowest BCUT2D eigenvalue weighted by molar-refractivity contribution is -0.135. The van der Waals surface area contributed by atoms with E-state index in [2.05, 4.69) is 0 Å². The van der Waals surface area contributed by atoms with Gasteiger partial charge in [-0.25, -0.2) is 0 Å². The van der Waals surface area contributed by atoms with Crippen LogP contribution in [0, 0.1) is 0 Å². The summed E-state index contributed by atoms with van der Waals surface area (Å²) in [5.74, 6) is -3.33. The van der Waals surface area contributed by atoms with E-state index in [1.54, 1.807) is 0 Å². The standard InChI is InChI=1S/C4H8.4C2H4O2/c1-3-4-2;4*1-2(3)4/h3-4H,1-2H3;4*1H3,(H,3,4). The monoisotopic (exact) mass is 296 g/mol. The third-order valence-electron chi connectivity index (χ3n) is 0.333. The van der Waals surface area contributed by atoms with Gasteiger partial charge in [-0.05, 0) is 13.8 Å². The summed E-state index contributed by atoms with van der Waals surface area (Å²) >= 11 is 0. The van der Waals surface area contributed by atoms with Crippen LogP contribution in [0.1, 0.15) is 41.5 Å². The van der Waals surface area contributed by atoms with Crippen molar-refractivity contribution in [2.45, 2.75) is 41.5 Å². The summed E-state index contributed by atoms with van der Waals surface area (Å²) < 4.78 is 0. The maximum Gasteiger partial charge on any atom is 0.300 e. The minimum absolute atomic E-state index is 0.833. The first kappa shape index (κ1) is 30.6. The molecule has 0 aromatic rings. The molecule has 0 spiro atoms. The van der Waals surface area contributed by atoms with Gasteiger partial charge < -0.3 is 20.4 Å². The van der Waals surface area contributed by atoms with Crippen LogP contribution in [0.15, 0.2) is 12.2 Å². The van der Waals surface area contributed by atoms with E-state index in [1.165, 1.54) is 0 Å². The molecule has 4 N–H and O–H groups in total. The molecule has 0 atom stereocenters. The zero-order valence-corrected chi connectivity index (χ0v) is 12.6. The van der Waals surface area contributed by atoms with E-state index in [-0.39, 0.29) is 0 Å². The molecule has 0 rings (SSSR count). The van der Waals surface area contributed by atoms with E-state index in [9.17, 15) is 0 Å². The van der Waals surface area contributed by atoms with Crippen LogP contribution in [0.3, 0.4) is 0 Å². The van der Waals surface area contributed by atoms with Crippen molar-refractivity contribution >= 4 is 23.9 Å². The Morgan fingerprint density at radius 3 is 0.600 bits per heavy atom. The molecule has 0 unspecified atom stereocenters. The van der Waals surface area contributed by atoms with Gasteiger partial charge >= 0.3 is 0 Å². The predicted octanol–water partition coefficient (Wildman–Crippen LogP) is 1.95. The van der Waals surface area contributed by atoms with Crippen LogP contribution in [0.2, 0.25) is 0 Å². The Morgan fingerprint density at radius 2 is 0.600 bits per heavy atom. The Bertz CT molecular complexity index is 213. The third-order valence-corrected chi connectivity index (χ3v) is 0.333. The van der Waals surface area contributed by atoms with E-state index < -0.39 is 23.9 Å². The summed E-state index contributed by atoms with van der Waals surface area (Å²) in [4.78, 5) is 36.0. The van der Waals surface area contributed by atoms with Crippen LogP contribution < -0.4 is 0 Å². The second kappa shape index (κ2) is 30.0. The molecule has 0 bridgehead atoms. The van der Waals surface area contributed by atoms with Gasteiger partial charge in [-0.2, -0.15) is 0 Å². The maximum absolute atomic E-state index is 9.00. The van der Waals surface area contributed by atoms with Gasteiger partial charge in [-0.1, -0.05) is 12.2 Å². The Morgan fingerprint density at radius 1 is 0.550 bits per heavy atom. The minimum Gasteiger partial charge on any atom is -0.481 e. The first-order chi connectivity index (χ1) is 8.84. The number of hydrogen-bond donors (Lipinski definition) is 4. The van der Waals surface area contributed by atoms with Crippen LogP contribution in [0.5, 0.6) is 0 Å². The number of allylic oxidation sites excluding steroid dienone is 2. The van der Waals surface area contributed by atoms with Gasteiger partial charge in [0.2, 0.25) is 0 Å². The number of carboxylic acid groups (broad SMARTS) is 4. The van der Waals surface area contributed by atoms with Crippen molar-refractivity contribution in [3.63, 3.8) is 0 Å². The molecule has 8 heteroatoms. The van der Waals surface area contributed by atoms with Crippen molar-refractivity contribution in [2.75, 3.05) is 0 Å². The van der Waals surface area contributed by atoms with E-state index in [0.717, 1.165) is 27.7 Å². The topological polar surface area (TPSA) is 149 Å². The molecule has 120 valence electrons. The van der Waals surface area contributed by atoms with Crippen LogP contribution in [-0.4, -0.2) is 44.3 Å². The smallest absolute Gasteiger partial charge is 0.300 e. The summed E-state index contributed by atoms with van der Waals surface area (Å²) in [5, 5.41) is 29.7. The molecule has 0 aromatic heterocycles. The number of carbonyl (C=O) groups is 4. The van der Waals surface area contributed by atoms with Gasteiger partial charge in [0.25, 0.3) is 23.9 Å². The fourth-order valence-electron chi connectivity index (χ4n) is 0. The molecule has 0 aliphatic carbocycles. The number of carboxylic acids is 4. The summed E-state index contributed by atoms with van der Waals surface area (Å²) in [6, 6.07) is 0. The van der Waals surface area contributed by atoms with Crippen molar-refractivity contribution in [1.29, 1.82) is 0 Å². The molecule has 0 amide bonds. The summed E-state index contributed by atoms with van der Waals surface area (Å²) in [6.07, 6.45) is 4.00. The zero-order valence-electron chi connectivity index (χ0n) is 12.6. The van der Waals surface area contributed by atoms with Crippen LogP contribution >= 0.6 is 0 Å². The number of aliphatic carboxylic acids is 4. The number of hydrogen-bond acceptors (Lipinski definition) is 4. The van der Waals surface area contributed by atoms with Crippen molar-refractivity contribution in [3.8, 4) is 0 Å². The second-order valence-electron chi connectivity index (χ2n) is 2.74. The van der Waals surface area contributed by atoms with Crippen molar-refractivity contribution in [1.82, 2.24) is 0 Å². The zero-order chi connectivity index (χ0) is 17.7.